The molecule has 1 saturated heterocycles. The second-order valence-corrected chi connectivity index (χ2v) is 5.58. The van der Waals surface area contributed by atoms with Crippen LogP contribution in [0.4, 0.5) is 5.82 Å². The van der Waals surface area contributed by atoms with Gasteiger partial charge in [0, 0.05) is 43.9 Å². The number of pyridine rings is 1. The fourth-order valence-corrected chi connectivity index (χ4v) is 2.74. The van der Waals surface area contributed by atoms with Gasteiger partial charge < -0.3 is 10.6 Å². The Morgan fingerprint density at radius 1 is 1.14 bits per heavy atom. The highest BCUT2D eigenvalue weighted by Crippen LogP contribution is 2.27. The zero-order valence-electron chi connectivity index (χ0n) is 12.6. The topological polar surface area (TPSA) is 85.0 Å². The molecule has 3 heterocycles. The largest absolute Gasteiger partial charge is 0.384 e. The third-order valence-corrected chi connectivity index (χ3v) is 4.11. The van der Waals surface area contributed by atoms with Crippen molar-refractivity contribution in [3.63, 3.8) is 0 Å². The lowest BCUT2D eigenvalue weighted by molar-refractivity contribution is -0.129. The van der Waals surface area contributed by atoms with Gasteiger partial charge in [-0.05, 0) is 25.0 Å². The van der Waals surface area contributed by atoms with Crippen LogP contribution in [0.2, 0.25) is 0 Å². The number of likely N-dealkylation sites (tertiary alicyclic amines) is 1. The zero-order chi connectivity index (χ0) is 15.5. The number of rotatable bonds is 2. The smallest absolute Gasteiger partial charge is 0.219 e. The summed E-state index contributed by atoms with van der Waals surface area (Å²) in [5.41, 5.74) is 8.27. The van der Waals surface area contributed by atoms with Crippen molar-refractivity contribution in [2.24, 2.45) is 0 Å². The molecule has 1 fully saturated rings. The number of amides is 1. The maximum atomic E-state index is 11.4. The molecule has 2 aromatic rings. The first kappa shape index (κ1) is 14.4. The third-order valence-electron chi connectivity index (χ3n) is 4.11. The lowest BCUT2D eigenvalue weighted by Gasteiger charge is -2.30. The van der Waals surface area contributed by atoms with Crippen molar-refractivity contribution in [1.29, 1.82) is 0 Å². The van der Waals surface area contributed by atoms with E-state index >= 15 is 0 Å². The Bertz CT molecular complexity index is 645. The molecule has 0 spiro atoms. The van der Waals surface area contributed by atoms with E-state index in [4.69, 9.17) is 5.73 Å². The Hall–Kier alpha value is -2.50. The number of anilines is 1. The molecule has 0 bridgehead atoms. The summed E-state index contributed by atoms with van der Waals surface area (Å²) < 4.78 is 0. The van der Waals surface area contributed by atoms with Crippen molar-refractivity contribution < 1.29 is 4.79 Å². The molecule has 6 heteroatoms. The van der Waals surface area contributed by atoms with Crippen molar-refractivity contribution in [3.05, 3.63) is 36.4 Å². The Balaban J connectivity index is 1.70. The van der Waals surface area contributed by atoms with Crippen LogP contribution in [0.3, 0.4) is 0 Å². The van der Waals surface area contributed by atoms with Gasteiger partial charge in [-0.1, -0.05) is 0 Å². The minimum absolute atomic E-state index is 0.149. The first-order chi connectivity index (χ1) is 10.6. The van der Waals surface area contributed by atoms with E-state index in [0.717, 1.165) is 42.9 Å². The number of nitrogen functional groups attached to an aromatic ring is 1. The predicted octanol–water partition coefficient (Wildman–Crippen LogP) is 1.85. The van der Waals surface area contributed by atoms with Crippen LogP contribution in [-0.4, -0.2) is 38.8 Å². The minimum atomic E-state index is 0.149. The Morgan fingerprint density at radius 3 is 2.45 bits per heavy atom. The van der Waals surface area contributed by atoms with Gasteiger partial charge >= 0.3 is 0 Å². The molecule has 0 saturated carbocycles. The van der Waals surface area contributed by atoms with Crippen molar-refractivity contribution >= 4 is 11.7 Å². The summed E-state index contributed by atoms with van der Waals surface area (Å²) in [6, 6.07) is 3.64. The maximum Gasteiger partial charge on any atom is 0.219 e. The van der Waals surface area contributed by atoms with Crippen LogP contribution < -0.4 is 5.73 Å². The van der Waals surface area contributed by atoms with Crippen LogP contribution >= 0.6 is 0 Å². The quantitative estimate of drug-likeness (QED) is 0.914. The van der Waals surface area contributed by atoms with Crippen molar-refractivity contribution in [1.82, 2.24) is 19.9 Å². The molecule has 0 aliphatic carbocycles. The van der Waals surface area contributed by atoms with E-state index in [-0.39, 0.29) is 5.91 Å². The number of carbonyl (C=O) groups is 1. The number of hydrogen-bond acceptors (Lipinski definition) is 5. The first-order valence-corrected chi connectivity index (χ1v) is 7.43. The number of hydrogen-bond donors (Lipinski definition) is 1. The van der Waals surface area contributed by atoms with E-state index in [9.17, 15) is 4.79 Å². The van der Waals surface area contributed by atoms with Crippen LogP contribution in [0.5, 0.6) is 0 Å². The number of nitrogens with zero attached hydrogens (tertiary/aromatic N) is 4. The first-order valence-electron chi connectivity index (χ1n) is 7.43. The molecule has 0 aromatic carbocycles. The van der Waals surface area contributed by atoms with Crippen LogP contribution in [-0.2, 0) is 4.79 Å². The van der Waals surface area contributed by atoms with Crippen LogP contribution in [0.1, 0.15) is 31.4 Å². The second-order valence-electron chi connectivity index (χ2n) is 5.58. The lowest BCUT2D eigenvalue weighted by Crippen LogP contribution is -2.36. The maximum absolute atomic E-state index is 11.4. The minimum Gasteiger partial charge on any atom is -0.384 e. The fourth-order valence-electron chi connectivity index (χ4n) is 2.74. The summed E-state index contributed by atoms with van der Waals surface area (Å²) in [6.07, 6.45) is 7.19. The van der Waals surface area contributed by atoms with Gasteiger partial charge in [0.05, 0.1) is 17.6 Å². The molecule has 3 rings (SSSR count). The third kappa shape index (κ3) is 3.05. The summed E-state index contributed by atoms with van der Waals surface area (Å²) in [5.74, 6) is 1.02. The molecule has 22 heavy (non-hydrogen) atoms. The molecule has 6 nitrogen and oxygen atoms in total. The van der Waals surface area contributed by atoms with Crippen molar-refractivity contribution in [2.75, 3.05) is 18.8 Å². The molecule has 1 aliphatic rings. The van der Waals surface area contributed by atoms with Gasteiger partial charge in [-0.15, -0.1) is 0 Å². The lowest BCUT2D eigenvalue weighted by atomic mass is 9.94. The van der Waals surface area contributed by atoms with Crippen LogP contribution in [0.25, 0.3) is 11.3 Å². The van der Waals surface area contributed by atoms with Crippen LogP contribution in [0, 0.1) is 0 Å². The average Bonchev–Trinajstić information content (AvgIpc) is 2.56. The number of aromatic nitrogens is 3. The van der Waals surface area contributed by atoms with Crippen LogP contribution in [0.15, 0.2) is 30.7 Å². The molecule has 2 aromatic heterocycles. The Kier molecular flexibility index (Phi) is 4.00. The SMILES string of the molecule is CC(=O)N1CCC(c2cnc(-c3ccc(N)nc3)cn2)CC1. The normalized spacial score (nSPS) is 15.8. The fraction of sp³-hybridized carbons (Fsp3) is 0.375. The molecule has 1 aliphatic heterocycles. The molecule has 114 valence electrons. The van der Waals surface area contributed by atoms with E-state index in [1.54, 1.807) is 25.4 Å². The van der Waals surface area contributed by atoms with Crippen molar-refractivity contribution in [3.8, 4) is 11.3 Å². The van der Waals surface area contributed by atoms with Gasteiger partial charge in [-0.25, -0.2) is 4.98 Å². The second kappa shape index (κ2) is 6.09. The van der Waals surface area contributed by atoms with Gasteiger partial charge in [0.1, 0.15) is 5.82 Å². The number of nitrogens with two attached hydrogens (primary N) is 1. The molecular formula is C16H19N5O. The highest BCUT2D eigenvalue weighted by Gasteiger charge is 2.23. The molecule has 1 amide bonds. The van der Waals surface area contributed by atoms with Gasteiger partial charge in [-0.2, -0.15) is 0 Å². The molecular weight excluding hydrogens is 278 g/mol. The molecule has 0 radical (unpaired) electrons. The summed E-state index contributed by atoms with van der Waals surface area (Å²) in [6.45, 7) is 3.21. The summed E-state index contributed by atoms with van der Waals surface area (Å²) in [5, 5.41) is 0. The summed E-state index contributed by atoms with van der Waals surface area (Å²) >= 11 is 0. The highest BCUT2D eigenvalue weighted by atomic mass is 16.2. The van der Waals surface area contributed by atoms with E-state index < -0.39 is 0 Å². The van der Waals surface area contributed by atoms with E-state index in [1.165, 1.54) is 0 Å². The van der Waals surface area contributed by atoms with Gasteiger partial charge in [0.2, 0.25) is 5.91 Å². The molecule has 2 N–H and O–H groups in total. The van der Waals surface area contributed by atoms with Gasteiger partial charge in [0.15, 0.2) is 0 Å². The standard InChI is InChI=1S/C16H19N5O/c1-11(22)21-6-4-12(5-7-21)14-9-19-15(10-18-14)13-2-3-16(17)20-8-13/h2-3,8-10,12H,4-7H2,1H3,(H2,17,20). The predicted molar refractivity (Wildman–Crippen MR) is 83.9 cm³/mol. The van der Waals surface area contributed by atoms with E-state index in [2.05, 4.69) is 15.0 Å². The van der Waals surface area contributed by atoms with Gasteiger partial charge in [0.25, 0.3) is 0 Å². The number of piperidine rings is 1. The van der Waals surface area contributed by atoms with E-state index in [0.29, 0.717) is 11.7 Å². The molecule has 0 unspecified atom stereocenters. The zero-order valence-corrected chi connectivity index (χ0v) is 12.6. The highest BCUT2D eigenvalue weighted by molar-refractivity contribution is 5.73. The Morgan fingerprint density at radius 2 is 1.91 bits per heavy atom. The van der Waals surface area contributed by atoms with E-state index in [1.807, 2.05) is 17.2 Å². The van der Waals surface area contributed by atoms with Gasteiger partial charge in [-0.3, -0.25) is 14.8 Å². The summed E-state index contributed by atoms with van der Waals surface area (Å²) in [4.78, 5) is 26.3. The average molecular weight is 297 g/mol. The monoisotopic (exact) mass is 297 g/mol. The Labute approximate surface area is 129 Å². The molecule has 0 atom stereocenters. The number of carbonyl (C=O) groups excluding carboxylic acids is 1. The van der Waals surface area contributed by atoms with Crippen molar-refractivity contribution in [2.45, 2.75) is 25.7 Å². The summed E-state index contributed by atoms with van der Waals surface area (Å²) in [7, 11) is 0.